The van der Waals surface area contributed by atoms with E-state index in [1.54, 1.807) is 11.8 Å². The summed E-state index contributed by atoms with van der Waals surface area (Å²) >= 11 is 1.57. The number of thioether (sulfide) groups is 1. The van der Waals surface area contributed by atoms with E-state index < -0.39 is 0 Å². The van der Waals surface area contributed by atoms with Gasteiger partial charge in [0.25, 0.3) is 5.91 Å². The first-order chi connectivity index (χ1) is 11.8. The lowest BCUT2D eigenvalue weighted by molar-refractivity contribution is 0.0944. The Morgan fingerprint density at radius 3 is 2.58 bits per heavy atom. The topological polar surface area (TPSA) is 38.3 Å². The van der Waals surface area contributed by atoms with Gasteiger partial charge < -0.3 is 10.1 Å². The second kappa shape index (κ2) is 7.88. The number of fused-ring (bicyclic) bond motifs is 1. The molecule has 0 spiro atoms. The molecule has 0 aromatic heterocycles. The van der Waals surface area contributed by atoms with E-state index >= 15 is 0 Å². The van der Waals surface area contributed by atoms with Gasteiger partial charge in [0.1, 0.15) is 12.4 Å². The van der Waals surface area contributed by atoms with Gasteiger partial charge in [0.15, 0.2) is 0 Å². The van der Waals surface area contributed by atoms with Gasteiger partial charge in [-0.2, -0.15) is 0 Å². The summed E-state index contributed by atoms with van der Waals surface area (Å²) in [5, 5.41) is 5.24. The van der Waals surface area contributed by atoms with Crippen molar-refractivity contribution in [1.29, 1.82) is 0 Å². The van der Waals surface area contributed by atoms with Gasteiger partial charge in [-0.05, 0) is 41.3 Å². The first-order valence-corrected chi connectivity index (χ1v) is 9.03. The van der Waals surface area contributed by atoms with E-state index in [9.17, 15) is 4.79 Å². The molecule has 4 heteroatoms. The van der Waals surface area contributed by atoms with Crippen molar-refractivity contribution in [3.8, 4) is 5.75 Å². The molecule has 0 bridgehead atoms. The summed E-state index contributed by atoms with van der Waals surface area (Å²) in [4.78, 5) is 13.2. The fourth-order valence-electron chi connectivity index (χ4n) is 2.52. The van der Waals surface area contributed by atoms with Crippen molar-refractivity contribution in [2.75, 3.05) is 19.4 Å². The number of hydrogen-bond acceptors (Lipinski definition) is 3. The Bertz CT molecular complexity index is 848. The van der Waals surface area contributed by atoms with E-state index in [2.05, 4.69) is 17.4 Å². The van der Waals surface area contributed by atoms with Crippen molar-refractivity contribution in [2.45, 2.75) is 4.90 Å². The monoisotopic (exact) mass is 337 g/mol. The van der Waals surface area contributed by atoms with Crippen LogP contribution in [-0.2, 0) is 0 Å². The SMILES string of the molecule is CSc1ccccc1C(=O)NCCOc1ccc2ccccc2c1. The van der Waals surface area contributed by atoms with Crippen LogP contribution in [0.1, 0.15) is 10.4 Å². The lowest BCUT2D eigenvalue weighted by atomic mass is 10.1. The van der Waals surface area contributed by atoms with Crippen LogP contribution in [0.15, 0.2) is 71.6 Å². The second-order valence-electron chi connectivity index (χ2n) is 5.31. The lowest BCUT2D eigenvalue weighted by Crippen LogP contribution is -2.28. The molecule has 24 heavy (non-hydrogen) atoms. The molecule has 0 unspecified atom stereocenters. The molecular weight excluding hydrogens is 318 g/mol. The third kappa shape index (κ3) is 3.89. The smallest absolute Gasteiger partial charge is 0.252 e. The summed E-state index contributed by atoms with van der Waals surface area (Å²) in [6, 6.07) is 21.8. The Labute approximate surface area is 146 Å². The van der Waals surface area contributed by atoms with Gasteiger partial charge in [0.05, 0.1) is 12.1 Å². The van der Waals surface area contributed by atoms with Gasteiger partial charge >= 0.3 is 0 Å². The molecule has 3 rings (SSSR count). The van der Waals surface area contributed by atoms with E-state index in [0.717, 1.165) is 16.0 Å². The Balaban J connectivity index is 1.53. The number of benzene rings is 3. The van der Waals surface area contributed by atoms with E-state index in [0.29, 0.717) is 18.7 Å². The molecule has 3 aromatic carbocycles. The van der Waals surface area contributed by atoms with Crippen LogP contribution in [0.25, 0.3) is 10.8 Å². The maximum Gasteiger partial charge on any atom is 0.252 e. The Hall–Kier alpha value is -2.46. The Kier molecular flexibility index (Phi) is 5.39. The first kappa shape index (κ1) is 16.4. The quantitative estimate of drug-likeness (QED) is 0.536. The number of nitrogens with one attached hydrogen (secondary N) is 1. The standard InChI is InChI=1S/C20H19NO2S/c1-24-19-9-5-4-8-18(19)20(22)21-12-13-23-17-11-10-15-6-2-3-7-16(15)14-17/h2-11,14H,12-13H2,1H3,(H,21,22). The van der Waals surface area contributed by atoms with Gasteiger partial charge in [-0.15, -0.1) is 11.8 Å². The molecule has 0 aliphatic carbocycles. The van der Waals surface area contributed by atoms with Crippen molar-refractivity contribution in [3.05, 3.63) is 72.3 Å². The predicted molar refractivity (Wildman–Crippen MR) is 100.0 cm³/mol. The van der Waals surface area contributed by atoms with Crippen LogP contribution in [-0.4, -0.2) is 25.3 Å². The van der Waals surface area contributed by atoms with Crippen LogP contribution in [0.4, 0.5) is 0 Å². The third-order valence-electron chi connectivity index (χ3n) is 3.73. The highest BCUT2D eigenvalue weighted by Crippen LogP contribution is 2.21. The molecule has 0 aliphatic heterocycles. The van der Waals surface area contributed by atoms with Crippen LogP contribution in [0.2, 0.25) is 0 Å². The van der Waals surface area contributed by atoms with Crippen LogP contribution in [0, 0.1) is 0 Å². The van der Waals surface area contributed by atoms with Crippen LogP contribution < -0.4 is 10.1 Å². The Morgan fingerprint density at radius 2 is 1.75 bits per heavy atom. The molecule has 3 aromatic rings. The van der Waals surface area contributed by atoms with Crippen molar-refractivity contribution >= 4 is 28.4 Å². The summed E-state index contributed by atoms with van der Waals surface area (Å²) < 4.78 is 5.74. The van der Waals surface area contributed by atoms with E-state index in [-0.39, 0.29) is 5.91 Å². The normalized spacial score (nSPS) is 10.5. The van der Waals surface area contributed by atoms with Crippen LogP contribution in [0.3, 0.4) is 0 Å². The van der Waals surface area contributed by atoms with Crippen molar-refractivity contribution < 1.29 is 9.53 Å². The van der Waals surface area contributed by atoms with Gasteiger partial charge in [-0.1, -0.05) is 42.5 Å². The fourth-order valence-corrected chi connectivity index (χ4v) is 3.11. The molecule has 0 saturated carbocycles. The zero-order valence-corrected chi connectivity index (χ0v) is 14.3. The molecule has 0 heterocycles. The van der Waals surface area contributed by atoms with Crippen molar-refractivity contribution in [2.24, 2.45) is 0 Å². The minimum Gasteiger partial charge on any atom is -0.492 e. The van der Waals surface area contributed by atoms with Crippen molar-refractivity contribution in [3.63, 3.8) is 0 Å². The van der Waals surface area contributed by atoms with E-state index in [4.69, 9.17) is 4.74 Å². The molecule has 1 amide bonds. The summed E-state index contributed by atoms with van der Waals surface area (Å²) in [6.45, 7) is 0.903. The molecule has 0 aliphatic rings. The van der Waals surface area contributed by atoms with Crippen molar-refractivity contribution in [1.82, 2.24) is 5.32 Å². The van der Waals surface area contributed by atoms with Gasteiger partial charge in [0.2, 0.25) is 0 Å². The second-order valence-corrected chi connectivity index (χ2v) is 6.16. The molecule has 0 atom stereocenters. The first-order valence-electron chi connectivity index (χ1n) is 7.81. The zero-order valence-electron chi connectivity index (χ0n) is 13.5. The number of carbonyl (C=O) groups excluding carboxylic acids is 1. The minimum atomic E-state index is -0.0675. The number of amides is 1. The summed E-state index contributed by atoms with van der Waals surface area (Å²) in [7, 11) is 0. The van der Waals surface area contributed by atoms with Crippen LogP contribution >= 0.6 is 11.8 Å². The number of carbonyl (C=O) groups is 1. The number of ether oxygens (including phenoxy) is 1. The van der Waals surface area contributed by atoms with Gasteiger partial charge in [0, 0.05) is 4.90 Å². The lowest BCUT2D eigenvalue weighted by Gasteiger charge is -2.10. The highest BCUT2D eigenvalue weighted by atomic mass is 32.2. The fraction of sp³-hybridized carbons (Fsp3) is 0.150. The van der Waals surface area contributed by atoms with Gasteiger partial charge in [-0.25, -0.2) is 0 Å². The molecule has 122 valence electrons. The maximum absolute atomic E-state index is 12.2. The highest BCUT2D eigenvalue weighted by molar-refractivity contribution is 7.98. The van der Waals surface area contributed by atoms with E-state index in [1.807, 2.05) is 60.9 Å². The molecule has 1 N–H and O–H groups in total. The highest BCUT2D eigenvalue weighted by Gasteiger charge is 2.09. The van der Waals surface area contributed by atoms with Crippen LogP contribution in [0.5, 0.6) is 5.75 Å². The maximum atomic E-state index is 12.2. The Morgan fingerprint density at radius 1 is 1.00 bits per heavy atom. The number of rotatable bonds is 6. The summed E-state index contributed by atoms with van der Waals surface area (Å²) in [6.07, 6.45) is 1.97. The largest absolute Gasteiger partial charge is 0.492 e. The average Bonchev–Trinajstić information content (AvgIpc) is 2.65. The average molecular weight is 337 g/mol. The molecule has 0 saturated heterocycles. The molecule has 0 fully saturated rings. The third-order valence-corrected chi connectivity index (χ3v) is 4.52. The van der Waals surface area contributed by atoms with Gasteiger partial charge in [-0.3, -0.25) is 4.79 Å². The summed E-state index contributed by atoms with van der Waals surface area (Å²) in [5.41, 5.74) is 0.704. The molecule has 3 nitrogen and oxygen atoms in total. The van der Waals surface area contributed by atoms with E-state index in [1.165, 1.54) is 5.39 Å². The zero-order chi connectivity index (χ0) is 16.8. The molecular formula is C20H19NO2S. The minimum absolute atomic E-state index is 0.0675. The number of hydrogen-bond donors (Lipinski definition) is 1. The molecule has 0 radical (unpaired) electrons. The predicted octanol–water partition coefficient (Wildman–Crippen LogP) is 4.37. The summed E-state index contributed by atoms with van der Waals surface area (Å²) in [5.74, 6) is 0.745.